The molecule has 0 saturated heterocycles. The number of hydrogen-bond donors (Lipinski definition) is 2. The SMILES string of the molecule is CCCC(OCC)C(NN)c1cncc(OC)c1. The smallest absolute Gasteiger partial charge is 0.137 e. The van der Waals surface area contributed by atoms with Gasteiger partial charge in [-0.25, -0.2) is 0 Å². The van der Waals surface area contributed by atoms with E-state index in [1.165, 1.54) is 0 Å². The summed E-state index contributed by atoms with van der Waals surface area (Å²) >= 11 is 0. The van der Waals surface area contributed by atoms with Crippen molar-refractivity contribution in [3.05, 3.63) is 24.0 Å². The molecule has 0 aromatic carbocycles. The highest BCUT2D eigenvalue weighted by Crippen LogP contribution is 2.24. The molecule has 0 fully saturated rings. The number of rotatable bonds is 8. The predicted octanol–water partition coefficient (Wildman–Crippen LogP) is 1.80. The van der Waals surface area contributed by atoms with Gasteiger partial charge in [-0.2, -0.15) is 0 Å². The van der Waals surface area contributed by atoms with Crippen LogP contribution in [0.2, 0.25) is 0 Å². The third-order valence-electron chi connectivity index (χ3n) is 2.83. The number of methoxy groups -OCH3 is 1. The maximum Gasteiger partial charge on any atom is 0.137 e. The van der Waals surface area contributed by atoms with Crippen LogP contribution in [0.5, 0.6) is 5.75 Å². The monoisotopic (exact) mass is 253 g/mol. The fraction of sp³-hybridized carbons (Fsp3) is 0.615. The zero-order chi connectivity index (χ0) is 13.4. The Bertz CT molecular complexity index is 341. The third-order valence-corrected chi connectivity index (χ3v) is 2.83. The van der Waals surface area contributed by atoms with Crippen molar-refractivity contribution >= 4 is 0 Å². The van der Waals surface area contributed by atoms with Gasteiger partial charge in [-0.05, 0) is 25.0 Å². The summed E-state index contributed by atoms with van der Waals surface area (Å²) in [4.78, 5) is 4.15. The summed E-state index contributed by atoms with van der Waals surface area (Å²) in [5.74, 6) is 6.38. The van der Waals surface area contributed by atoms with Crippen LogP contribution in [0.4, 0.5) is 0 Å². The van der Waals surface area contributed by atoms with Gasteiger partial charge in [0.1, 0.15) is 5.75 Å². The van der Waals surface area contributed by atoms with Gasteiger partial charge in [0.05, 0.1) is 25.5 Å². The molecule has 5 heteroatoms. The normalized spacial score (nSPS) is 14.2. The fourth-order valence-corrected chi connectivity index (χ4v) is 1.98. The average molecular weight is 253 g/mol. The number of aromatic nitrogens is 1. The van der Waals surface area contributed by atoms with Gasteiger partial charge in [-0.3, -0.25) is 16.3 Å². The Labute approximate surface area is 109 Å². The highest BCUT2D eigenvalue weighted by atomic mass is 16.5. The number of hydrazine groups is 1. The van der Waals surface area contributed by atoms with Crippen molar-refractivity contribution in [3.8, 4) is 5.75 Å². The second kappa shape index (κ2) is 8.02. The van der Waals surface area contributed by atoms with Crippen molar-refractivity contribution in [2.24, 2.45) is 5.84 Å². The third kappa shape index (κ3) is 3.94. The van der Waals surface area contributed by atoms with E-state index in [9.17, 15) is 0 Å². The van der Waals surface area contributed by atoms with Crippen LogP contribution in [-0.2, 0) is 4.74 Å². The number of nitrogens with two attached hydrogens (primary N) is 1. The minimum atomic E-state index is -0.0764. The van der Waals surface area contributed by atoms with E-state index in [4.69, 9.17) is 15.3 Å². The molecule has 0 spiro atoms. The Kier molecular flexibility index (Phi) is 6.64. The minimum absolute atomic E-state index is 0.0407. The Morgan fingerprint density at radius 3 is 2.72 bits per heavy atom. The van der Waals surface area contributed by atoms with Crippen molar-refractivity contribution in [1.29, 1.82) is 0 Å². The van der Waals surface area contributed by atoms with Gasteiger partial charge < -0.3 is 9.47 Å². The van der Waals surface area contributed by atoms with Crippen molar-refractivity contribution in [1.82, 2.24) is 10.4 Å². The van der Waals surface area contributed by atoms with Crippen LogP contribution >= 0.6 is 0 Å². The van der Waals surface area contributed by atoms with E-state index < -0.39 is 0 Å². The summed E-state index contributed by atoms with van der Waals surface area (Å²) < 4.78 is 10.9. The standard InChI is InChI=1S/C13H23N3O2/c1-4-6-12(18-5-2)13(16-14)10-7-11(17-3)9-15-8-10/h7-9,12-13,16H,4-6,14H2,1-3H3. The molecular weight excluding hydrogens is 230 g/mol. The number of ether oxygens (including phenoxy) is 2. The Balaban J connectivity index is 2.90. The van der Waals surface area contributed by atoms with Crippen molar-refractivity contribution in [2.75, 3.05) is 13.7 Å². The van der Waals surface area contributed by atoms with Crippen LogP contribution in [0.3, 0.4) is 0 Å². The van der Waals surface area contributed by atoms with Crippen molar-refractivity contribution in [3.63, 3.8) is 0 Å². The highest BCUT2D eigenvalue weighted by molar-refractivity contribution is 5.26. The van der Waals surface area contributed by atoms with Gasteiger partial charge >= 0.3 is 0 Å². The molecule has 2 unspecified atom stereocenters. The fourth-order valence-electron chi connectivity index (χ4n) is 1.98. The molecule has 0 aliphatic rings. The molecule has 1 heterocycles. The van der Waals surface area contributed by atoms with Gasteiger partial charge in [0.15, 0.2) is 0 Å². The van der Waals surface area contributed by atoms with Crippen molar-refractivity contribution in [2.45, 2.75) is 38.8 Å². The Hall–Kier alpha value is -1.17. The summed E-state index contributed by atoms with van der Waals surface area (Å²) in [5, 5.41) is 0. The zero-order valence-electron chi connectivity index (χ0n) is 11.3. The number of nitrogens with one attached hydrogen (secondary N) is 1. The van der Waals surface area contributed by atoms with Crippen LogP contribution in [-0.4, -0.2) is 24.8 Å². The molecule has 0 aliphatic heterocycles. The summed E-state index contributed by atoms with van der Waals surface area (Å²) in [6.07, 6.45) is 5.49. The van der Waals surface area contributed by atoms with E-state index in [0.29, 0.717) is 6.61 Å². The lowest BCUT2D eigenvalue weighted by atomic mass is 10.00. The molecule has 1 aromatic rings. The van der Waals surface area contributed by atoms with E-state index >= 15 is 0 Å². The van der Waals surface area contributed by atoms with Crippen LogP contribution < -0.4 is 16.0 Å². The summed E-state index contributed by atoms with van der Waals surface area (Å²) in [6, 6.07) is 1.85. The predicted molar refractivity (Wildman–Crippen MR) is 71.2 cm³/mol. The van der Waals surface area contributed by atoms with Crippen LogP contribution in [0, 0.1) is 0 Å². The second-order valence-corrected chi connectivity index (χ2v) is 4.08. The molecule has 0 bridgehead atoms. The number of pyridine rings is 1. The molecule has 0 saturated carbocycles. The molecule has 102 valence electrons. The van der Waals surface area contributed by atoms with Crippen LogP contribution in [0.25, 0.3) is 0 Å². The highest BCUT2D eigenvalue weighted by Gasteiger charge is 2.22. The van der Waals surface area contributed by atoms with Crippen LogP contribution in [0.15, 0.2) is 18.5 Å². The maximum absolute atomic E-state index is 5.75. The van der Waals surface area contributed by atoms with Crippen LogP contribution in [0.1, 0.15) is 38.3 Å². The molecule has 1 rings (SSSR count). The van der Waals surface area contributed by atoms with Crippen molar-refractivity contribution < 1.29 is 9.47 Å². The molecule has 0 aliphatic carbocycles. The first-order chi connectivity index (χ1) is 8.76. The topological polar surface area (TPSA) is 69.4 Å². The van der Waals surface area contributed by atoms with E-state index in [1.807, 2.05) is 13.0 Å². The summed E-state index contributed by atoms with van der Waals surface area (Å²) in [5.41, 5.74) is 3.79. The van der Waals surface area contributed by atoms with E-state index in [-0.39, 0.29) is 12.1 Å². The quantitative estimate of drug-likeness (QED) is 0.546. The number of nitrogens with zero attached hydrogens (tertiary/aromatic N) is 1. The van der Waals surface area contributed by atoms with E-state index in [1.54, 1.807) is 19.5 Å². The van der Waals surface area contributed by atoms with Gasteiger partial charge in [0, 0.05) is 12.8 Å². The minimum Gasteiger partial charge on any atom is -0.495 e. The lowest BCUT2D eigenvalue weighted by molar-refractivity contribution is 0.0275. The summed E-state index contributed by atoms with van der Waals surface area (Å²) in [6.45, 7) is 4.78. The molecule has 1 aromatic heterocycles. The van der Waals surface area contributed by atoms with E-state index in [0.717, 1.165) is 24.2 Å². The first-order valence-electron chi connectivity index (χ1n) is 6.33. The molecule has 5 nitrogen and oxygen atoms in total. The molecular formula is C13H23N3O2. The maximum atomic E-state index is 5.75. The zero-order valence-corrected chi connectivity index (χ0v) is 11.3. The van der Waals surface area contributed by atoms with Gasteiger partial charge in [0.25, 0.3) is 0 Å². The lowest BCUT2D eigenvalue weighted by Crippen LogP contribution is -2.38. The molecule has 18 heavy (non-hydrogen) atoms. The Morgan fingerprint density at radius 2 is 2.17 bits per heavy atom. The van der Waals surface area contributed by atoms with Gasteiger partial charge in [0.2, 0.25) is 0 Å². The summed E-state index contributed by atoms with van der Waals surface area (Å²) in [7, 11) is 1.62. The molecule has 3 N–H and O–H groups in total. The van der Waals surface area contributed by atoms with E-state index in [2.05, 4.69) is 17.3 Å². The molecule has 2 atom stereocenters. The Morgan fingerprint density at radius 1 is 1.39 bits per heavy atom. The largest absolute Gasteiger partial charge is 0.495 e. The molecule has 0 amide bonds. The van der Waals surface area contributed by atoms with Gasteiger partial charge in [-0.1, -0.05) is 13.3 Å². The second-order valence-electron chi connectivity index (χ2n) is 4.08. The first kappa shape index (κ1) is 14.9. The molecule has 0 radical (unpaired) electrons. The average Bonchev–Trinajstić information content (AvgIpc) is 2.40. The first-order valence-corrected chi connectivity index (χ1v) is 6.33. The van der Waals surface area contributed by atoms with Gasteiger partial charge in [-0.15, -0.1) is 0 Å². The lowest BCUT2D eigenvalue weighted by Gasteiger charge is -2.26. The number of hydrogen-bond acceptors (Lipinski definition) is 5.